The molecule has 0 atom stereocenters. The number of benzene rings is 1. The summed E-state index contributed by atoms with van der Waals surface area (Å²) in [4.78, 5) is 10.3. The van der Waals surface area contributed by atoms with Crippen LogP contribution >= 0.6 is 0 Å². The van der Waals surface area contributed by atoms with Crippen LogP contribution in [0.2, 0.25) is 0 Å². The number of nitrogens with zero attached hydrogens (tertiary/aromatic N) is 5. The molecular weight excluding hydrogens is 318 g/mol. The molecule has 130 valence electrons. The van der Waals surface area contributed by atoms with E-state index in [1.807, 2.05) is 19.0 Å². The molecule has 0 unspecified atom stereocenters. The van der Waals surface area contributed by atoms with E-state index >= 15 is 0 Å². The highest BCUT2D eigenvalue weighted by Gasteiger charge is 2.09. The van der Waals surface area contributed by atoms with E-state index < -0.39 is 6.61 Å². The molecule has 24 heavy (non-hydrogen) atoms. The van der Waals surface area contributed by atoms with Gasteiger partial charge in [-0.25, -0.2) is 4.98 Å². The van der Waals surface area contributed by atoms with Crippen molar-refractivity contribution in [1.29, 1.82) is 0 Å². The highest BCUT2D eigenvalue weighted by molar-refractivity contribution is 5.79. The third kappa shape index (κ3) is 4.90. The number of ether oxygens (including phenoxy) is 1. The number of nitrogens with one attached hydrogen (secondary N) is 1. The molecule has 0 aliphatic heterocycles. The van der Waals surface area contributed by atoms with Crippen LogP contribution in [-0.2, 0) is 20.1 Å². The molecule has 1 heterocycles. The van der Waals surface area contributed by atoms with Crippen LogP contribution in [-0.4, -0.2) is 46.3 Å². The summed E-state index contributed by atoms with van der Waals surface area (Å²) in [5, 5.41) is 7.21. The van der Waals surface area contributed by atoms with Crippen molar-refractivity contribution in [3.8, 4) is 5.75 Å². The molecule has 2 aromatic rings. The summed E-state index contributed by atoms with van der Waals surface area (Å²) < 4.78 is 30.3. The number of alkyl halides is 2. The Bertz CT molecular complexity index is 671. The summed E-state index contributed by atoms with van der Waals surface area (Å²) in [5.74, 6) is 1.62. The van der Waals surface area contributed by atoms with Crippen molar-refractivity contribution in [3.05, 3.63) is 42.0 Å². The molecule has 1 aromatic carbocycles. The van der Waals surface area contributed by atoms with Crippen LogP contribution in [0.1, 0.15) is 11.4 Å². The van der Waals surface area contributed by atoms with E-state index in [1.54, 1.807) is 23.9 Å². The van der Waals surface area contributed by atoms with Crippen LogP contribution in [0.3, 0.4) is 0 Å². The second-order valence-corrected chi connectivity index (χ2v) is 5.08. The molecular formula is C15H20F2N6O. The van der Waals surface area contributed by atoms with Gasteiger partial charge in [-0.3, -0.25) is 9.67 Å². The minimum atomic E-state index is -2.82. The molecule has 1 N–H and O–H groups in total. The molecule has 0 saturated heterocycles. The van der Waals surface area contributed by atoms with Gasteiger partial charge in [-0.05, 0) is 17.7 Å². The zero-order valence-corrected chi connectivity index (χ0v) is 13.8. The summed E-state index contributed by atoms with van der Waals surface area (Å²) in [5.41, 5.74) is 0.945. The van der Waals surface area contributed by atoms with E-state index in [0.717, 1.165) is 11.4 Å². The van der Waals surface area contributed by atoms with Crippen molar-refractivity contribution in [1.82, 2.24) is 25.0 Å². The first-order chi connectivity index (χ1) is 11.5. The first-order valence-corrected chi connectivity index (χ1v) is 7.28. The van der Waals surface area contributed by atoms with E-state index in [2.05, 4.69) is 25.1 Å². The Balaban J connectivity index is 1.91. The number of rotatable bonds is 6. The molecule has 0 aliphatic carbocycles. The van der Waals surface area contributed by atoms with Crippen molar-refractivity contribution in [2.75, 3.05) is 14.1 Å². The fourth-order valence-electron chi connectivity index (χ4n) is 2.15. The zero-order chi connectivity index (χ0) is 17.5. The molecule has 0 fully saturated rings. The molecule has 0 saturated carbocycles. The lowest BCUT2D eigenvalue weighted by atomic mass is 10.2. The maximum atomic E-state index is 12.1. The molecule has 0 spiro atoms. The predicted molar refractivity (Wildman–Crippen MR) is 85.7 cm³/mol. The van der Waals surface area contributed by atoms with Crippen molar-refractivity contribution < 1.29 is 13.5 Å². The Labute approximate surface area is 139 Å². The van der Waals surface area contributed by atoms with Gasteiger partial charge in [0.05, 0.1) is 6.54 Å². The third-order valence-corrected chi connectivity index (χ3v) is 3.35. The Morgan fingerprint density at radius 3 is 2.62 bits per heavy atom. The van der Waals surface area contributed by atoms with Crippen molar-refractivity contribution in [3.63, 3.8) is 0 Å². The van der Waals surface area contributed by atoms with E-state index in [4.69, 9.17) is 0 Å². The molecule has 7 nitrogen and oxygen atoms in total. The van der Waals surface area contributed by atoms with Crippen molar-refractivity contribution in [2.24, 2.45) is 12.0 Å². The van der Waals surface area contributed by atoms with Crippen molar-refractivity contribution in [2.45, 2.75) is 19.7 Å². The van der Waals surface area contributed by atoms with E-state index in [0.29, 0.717) is 19.0 Å². The van der Waals surface area contributed by atoms with Crippen LogP contribution in [0.5, 0.6) is 5.75 Å². The smallest absolute Gasteiger partial charge is 0.387 e. The first kappa shape index (κ1) is 17.6. The average Bonchev–Trinajstić information content (AvgIpc) is 2.95. The number of aryl methyl sites for hydroxylation is 1. The fraction of sp³-hybridized carbons (Fsp3) is 0.400. The number of guanidine groups is 1. The SMILES string of the molecule is CN=C(NCc1ncnn1C)N(C)Cc1ccc(OC(F)F)cc1. The Morgan fingerprint density at radius 1 is 1.38 bits per heavy atom. The molecule has 2 rings (SSSR count). The topological polar surface area (TPSA) is 67.6 Å². The lowest BCUT2D eigenvalue weighted by Gasteiger charge is -2.22. The summed E-state index contributed by atoms with van der Waals surface area (Å²) >= 11 is 0. The van der Waals surface area contributed by atoms with Gasteiger partial charge in [-0.15, -0.1) is 0 Å². The Hall–Kier alpha value is -2.71. The standard InChI is InChI=1S/C15H20F2N6O/c1-18-15(19-8-13-20-10-21-23(13)3)22(2)9-11-4-6-12(7-5-11)24-14(16)17/h4-7,10,14H,8-9H2,1-3H3,(H,18,19). The molecule has 0 amide bonds. The predicted octanol–water partition coefficient (Wildman–Crippen LogP) is 1.62. The summed E-state index contributed by atoms with van der Waals surface area (Å²) in [7, 11) is 5.39. The summed E-state index contributed by atoms with van der Waals surface area (Å²) in [6, 6.07) is 6.52. The van der Waals surface area contributed by atoms with Gasteiger partial charge in [0, 0.05) is 27.7 Å². The van der Waals surface area contributed by atoms with E-state index in [-0.39, 0.29) is 5.75 Å². The van der Waals surface area contributed by atoms with Gasteiger partial charge < -0.3 is 15.0 Å². The molecule has 0 aliphatic rings. The normalized spacial score (nSPS) is 11.7. The summed E-state index contributed by atoms with van der Waals surface area (Å²) in [6.07, 6.45) is 1.49. The van der Waals surface area contributed by atoms with Gasteiger partial charge in [-0.1, -0.05) is 12.1 Å². The zero-order valence-electron chi connectivity index (χ0n) is 13.8. The van der Waals surface area contributed by atoms with Crippen LogP contribution in [0.4, 0.5) is 8.78 Å². The number of hydrogen-bond donors (Lipinski definition) is 1. The Morgan fingerprint density at radius 2 is 2.08 bits per heavy atom. The van der Waals surface area contributed by atoms with E-state index in [9.17, 15) is 8.78 Å². The largest absolute Gasteiger partial charge is 0.435 e. The van der Waals surface area contributed by atoms with Crippen LogP contribution in [0, 0.1) is 0 Å². The minimum absolute atomic E-state index is 0.140. The van der Waals surface area contributed by atoms with Crippen LogP contribution in [0.15, 0.2) is 35.6 Å². The van der Waals surface area contributed by atoms with E-state index in [1.165, 1.54) is 18.5 Å². The number of aromatic nitrogens is 3. The third-order valence-electron chi connectivity index (χ3n) is 3.35. The lowest BCUT2D eigenvalue weighted by molar-refractivity contribution is -0.0498. The van der Waals surface area contributed by atoms with Gasteiger partial charge in [0.1, 0.15) is 17.9 Å². The highest BCUT2D eigenvalue weighted by Crippen LogP contribution is 2.15. The highest BCUT2D eigenvalue weighted by atomic mass is 19.3. The van der Waals surface area contributed by atoms with Crippen molar-refractivity contribution >= 4 is 5.96 Å². The average molecular weight is 338 g/mol. The monoisotopic (exact) mass is 338 g/mol. The molecule has 0 radical (unpaired) electrons. The second-order valence-electron chi connectivity index (χ2n) is 5.08. The van der Waals surface area contributed by atoms with Gasteiger partial charge in [0.15, 0.2) is 5.96 Å². The van der Waals surface area contributed by atoms with Crippen LogP contribution in [0.25, 0.3) is 0 Å². The first-order valence-electron chi connectivity index (χ1n) is 7.28. The fourth-order valence-corrected chi connectivity index (χ4v) is 2.15. The second kappa shape index (κ2) is 8.23. The molecule has 0 bridgehead atoms. The Kier molecular flexibility index (Phi) is 6.05. The summed E-state index contributed by atoms with van der Waals surface area (Å²) in [6.45, 7) is -1.76. The van der Waals surface area contributed by atoms with Gasteiger partial charge in [0.25, 0.3) is 0 Å². The van der Waals surface area contributed by atoms with Gasteiger partial charge in [-0.2, -0.15) is 13.9 Å². The van der Waals surface area contributed by atoms with Gasteiger partial charge in [0.2, 0.25) is 0 Å². The number of halogens is 2. The maximum absolute atomic E-state index is 12.1. The van der Waals surface area contributed by atoms with Gasteiger partial charge >= 0.3 is 6.61 Å². The maximum Gasteiger partial charge on any atom is 0.387 e. The minimum Gasteiger partial charge on any atom is -0.435 e. The van der Waals surface area contributed by atoms with Crippen LogP contribution < -0.4 is 10.1 Å². The number of hydrogen-bond acceptors (Lipinski definition) is 4. The number of aliphatic imine (C=N–C) groups is 1. The quantitative estimate of drug-likeness (QED) is 0.640. The molecule has 9 heteroatoms. The molecule has 1 aromatic heterocycles. The lowest BCUT2D eigenvalue weighted by Crippen LogP contribution is -2.38.